The number of amides is 1. The van der Waals surface area contributed by atoms with Crippen molar-refractivity contribution in [2.24, 2.45) is 0 Å². The average molecular weight is 410 g/mol. The second kappa shape index (κ2) is 7.69. The SMILES string of the molecule is Cc1nc(C(C)(C)C)sc1C(=O)Nc1ccc(S(=O)(=O)N(C)C(C)C)cc1. The number of carbonyl (C=O) groups is 1. The van der Waals surface area contributed by atoms with Gasteiger partial charge in [0, 0.05) is 24.2 Å². The first kappa shape index (κ1) is 21.5. The Bertz CT molecular complexity index is 924. The minimum atomic E-state index is -3.54. The lowest BCUT2D eigenvalue weighted by atomic mass is 9.98. The second-order valence-corrected chi connectivity index (χ2v) is 10.8. The second-order valence-electron chi connectivity index (χ2n) is 7.78. The monoisotopic (exact) mass is 409 g/mol. The Balaban J connectivity index is 2.20. The van der Waals surface area contributed by atoms with Gasteiger partial charge in [-0.25, -0.2) is 13.4 Å². The Labute approximate surface area is 165 Å². The van der Waals surface area contributed by atoms with E-state index in [0.717, 1.165) is 5.01 Å². The standard InChI is InChI=1S/C19H27N3O3S2/c1-12(2)22(7)27(24,25)15-10-8-14(9-11-15)21-17(23)16-13(3)20-18(26-16)19(4,5)6/h8-12H,1-7H3,(H,21,23). The van der Waals surface area contributed by atoms with Crippen LogP contribution in [0.15, 0.2) is 29.2 Å². The zero-order valence-electron chi connectivity index (χ0n) is 16.8. The van der Waals surface area contributed by atoms with E-state index < -0.39 is 10.0 Å². The fourth-order valence-electron chi connectivity index (χ4n) is 2.27. The minimum absolute atomic E-state index is 0.119. The van der Waals surface area contributed by atoms with Gasteiger partial charge >= 0.3 is 0 Å². The largest absolute Gasteiger partial charge is 0.321 e. The van der Waals surface area contributed by atoms with Crippen LogP contribution in [0.2, 0.25) is 0 Å². The predicted molar refractivity (Wildman–Crippen MR) is 110 cm³/mol. The van der Waals surface area contributed by atoms with Crippen molar-refractivity contribution >= 4 is 33.0 Å². The van der Waals surface area contributed by atoms with Gasteiger partial charge < -0.3 is 5.32 Å². The van der Waals surface area contributed by atoms with Crippen LogP contribution in [-0.4, -0.2) is 36.7 Å². The van der Waals surface area contributed by atoms with Gasteiger partial charge in [-0.2, -0.15) is 4.31 Å². The molecule has 0 fully saturated rings. The molecule has 0 saturated heterocycles. The van der Waals surface area contributed by atoms with Crippen molar-refractivity contribution in [1.82, 2.24) is 9.29 Å². The first-order chi connectivity index (χ1) is 12.3. The molecule has 0 aliphatic rings. The summed E-state index contributed by atoms with van der Waals surface area (Å²) < 4.78 is 26.3. The van der Waals surface area contributed by atoms with Gasteiger partial charge in [-0.15, -0.1) is 11.3 Å². The molecule has 27 heavy (non-hydrogen) atoms. The van der Waals surface area contributed by atoms with Crippen molar-refractivity contribution in [1.29, 1.82) is 0 Å². The smallest absolute Gasteiger partial charge is 0.267 e. The van der Waals surface area contributed by atoms with Crippen molar-refractivity contribution in [3.05, 3.63) is 39.8 Å². The quantitative estimate of drug-likeness (QED) is 0.808. The number of hydrogen-bond acceptors (Lipinski definition) is 5. The molecule has 1 N–H and O–H groups in total. The summed E-state index contributed by atoms with van der Waals surface area (Å²) in [7, 11) is -1.99. The van der Waals surface area contributed by atoms with Gasteiger partial charge in [-0.05, 0) is 45.0 Å². The number of hydrogen-bond donors (Lipinski definition) is 1. The molecule has 0 radical (unpaired) electrons. The topological polar surface area (TPSA) is 79.4 Å². The third-order valence-corrected chi connectivity index (χ3v) is 7.79. The predicted octanol–water partition coefficient (Wildman–Crippen LogP) is 4.03. The maximum absolute atomic E-state index is 12.6. The first-order valence-corrected chi connectivity index (χ1v) is 11.0. The highest BCUT2D eigenvalue weighted by Crippen LogP contribution is 2.29. The number of benzene rings is 1. The molecule has 2 aromatic rings. The van der Waals surface area contributed by atoms with Crippen LogP contribution in [0.25, 0.3) is 0 Å². The van der Waals surface area contributed by atoms with Gasteiger partial charge in [0.1, 0.15) is 4.88 Å². The number of aromatic nitrogens is 1. The van der Waals surface area contributed by atoms with E-state index in [-0.39, 0.29) is 22.3 Å². The Hall–Kier alpha value is -1.77. The summed E-state index contributed by atoms with van der Waals surface area (Å²) in [5.41, 5.74) is 1.11. The van der Waals surface area contributed by atoms with Crippen LogP contribution >= 0.6 is 11.3 Å². The fraction of sp³-hybridized carbons (Fsp3) is 0.474. The Morgan fingerprint density at radius 1 is 1.19 bits per heavy atom. The van der Waals surface area contributed by atoms with Crippen LogP contribution in [0.5, 0.6) is 0 Å². The van der Waals surface area contributed by atoms with Gasteiger partial charge in [-0.1, -0.05) is 20.8 Å². The summed E-state index contributed by atoms with van der Waals surface area (Å²) in [5, 5.41) is 3.72. The van der Waals surface area contributed by atoms with Crippen LogP contribution in [0, 0.1) is 6.92 Å². The van der Waals surface area contributed by atoms with E-state index in [2.05, 4.69) is 31.1 Å². The zero-order chi connectivity index (χ0) is 20.6. The Morgan fingerprint density at radius 2 is 1.74 bits per heavy atom. The van der Waals surface area contributed by atoms with Crippen molar-refractivity contribution < 1.29 is 13.2 Å². The molecule has 1 heterocycles. The first-order valence-electron chi connectivity index (χ1n) is 8.71. The molecule has 0 unspecified atom stereocenters. The molecule has 148 valence electrons. The normalized spacial score (nSPS) is 12.6. The van der Waals surface area contributed by atoms with Crippen LogP contribution in [0.3, 0.4) is 0 Å². The van der Waals surface area contributed by atoms with E-state index >= 15 is 0 Å². The lowest BCUT2D eigenvalue weighted by Gasteiger charge is -2.21. The summed E-state index contributed by atoms with van der Waals surface area (Å²) in [6, 6.07) is 6.06. The third-order valence-electron chi connectivity index (χ3n) is 4.16. The van der Waals surface area contributed by atoms with Crippen molar-refractivity contribution in [2.45, 2.75) is 57.9 Å². The summed E-state index contributed by atoms with van der Waals surface area (Å²) in [6.07, 6.45) is 0. The van der Waals surface area contributed by atoms with Crippen LogP contribution in [0.1, 0.15) is 55.0 Å². The van der Waals surface area contributed by atoms with Crippen molar-refractivity contribution in [3.63, 3.8) is 0 Å². The molecule has 0 aliphatic carbocycles. The highest BCUT2D eigenvalue weighted by molar-refractivity contribution is 7.89. The van der Waals surface area contributed by atoms with E-state index in [4.69, 9.17) is 0 Å². The maximum atomic E-state index is 12.6. The Morgan fingerprint density at radius 3 is 2.19 bits per heavy atom. The number of anilines is 1. The summed E-state index contributed by atoms with van der Waals surface area (Å²) >= 11 is 1.38. The molecule has 0 atom stereocenters. The number of nitrogens with zero attached hydrogens (tertiary/aromatic N) is 2. The van der Waals surface area contributed by atoms with E-state index in [0.29, 0.717) is 16.3 Å². The number of nitrogens with one attached hydrogen (secondary N) is 1. The molecule has 6 nitrogen and oxygen atoms in total. The van der Waals surface area contributed by atoms with Crippen LogP contribution in [0.4, 0.5) is 5.69 Å². The highest BCUT2D eigenvalue weighted by atomic mass is 32.2. The average Bonchev–Trinajstić information content (AvgIpc) is 2.96. The minimum Gasteiger partial charge on any atom is -0.321 e. The molecular formula is C19H27N3O3S2. The van der Waals surface area contributed by atoms with E-state index in [1.54, 1.807) is 19.2 Å². The third kappa shape index (κ3) is 4.75. The number of aryl methyl sites for hydroxylation is 1. The number of rotatable bonds is 5. The summed E-state index contributed by atoms with van der Waals surface area (Å²) in [6.45, 7) is 11.6. The molecule has 0 saturated carbocycles. The number of carbonyl (C=O) groups excluding carboxylic acids is 1. The van der Waals surface area contributed by atoms with Gasteiger partial charge in [0.25, 0.3) is 5.91 Å². The van der Waals surface area contributed by atoms with Crippen LogP contribution in [-0.2, 0) is 15.4 Å². The molecule has 0 spiro atoms. The molecule has 0 bridgehead atoms. The van der Waals surface area contributed by atoms with Gasteiger partial charge in [-0.3, -0.25) is 4.79 Å². The Kier molecular flexibility index (Phi) is 6.13. The fourth-order valence-corrected chi connectivity index (χ4v) is 4.66. The summed E-state index contributed by atoms with van der Waals surface area (Å²) in [4.78, 5) is 17.8. The number of thiazole rings is 1. The lowest BCUT2D eigenvalue weighted by Crippen LogP contribution is -2.33. The molecular weight excluding hydrogens is 382 g/mol. The van der Waals surface area contributed by atoms with Gasteiger partial charge in [0.15, 0.2) is 0 Å². The molecule has 8 heteroatoms. The zero-order valence-corrected chi connectivity index (χ0v) is 18.5. The summed E-state index contributed by atoms with van der Waals surface area (Å²) in [5.74, 6) is -0.240. The van der Waals surface area contributed by atoms with Crippen LogP contribution < -0.4 is 5.32 Å². The maximum Gasteiger partial charge on any atom is 0.267 e. The van der Waals surface area contributed by atoms with Gasteiger partial charge in [0.2, 0.25) is 10.0 Å². The molecule has 2 rings (SSSR count). The molecule has 1 aromatic carbocycles. The number of sulfonamides is 1. The molecule has 1 aromatic heterocycles. The lowest BCUT2D eigenvalue weighted by molar-refractivity contribution is 0.103. The van der Waals surface area contributed by atoms with Gasteiger partial charge in [0.05, 0.1) is 15.6 Å². The van der Waals surface area contributed by atoms with E-state index in [9.17, 15) is 13.2 Å². The molecule has 0 aliphatic heterocycles. The highest BCUT2D eigenvalue weighted by Gasteiger charge is 2.24. The van der Waals surface area contributed by atoms with E-state index in [1.807, 2.05) is 20.8 Å². The van der Waals surface area contributed by atoms with Crippen molar-refractivity contribution in [2.75, 3.05) is 12.4 Å². The van der Waals surface area contributed by atoms with E-state index in [1.165, 1.54) is 27.8 Å². The van der Waals surface area contributed by atoms with Crippen molar-refractivity contribution in [3.8, 4) is 0 Å². The molecule has 1 amide bonds.